The van der Waals surface area contributed by atoms with Gasteiger partial charge in [-0.25, -0.2) is 8.42 Å². The third-order valence-electron chi connectivity index (χ3n) is 4.21. The standard InChI is InChI=1S/C14H18N2O3S/c15-14(17)13-5-2-8-16(13)20(18,19)12-7-6-10-3-1-4-11(10)9-12/h6-7,9,13H,1-5,8H2,(H2,15,17). The van der Waals surface area contributed by atoms with Gasteiger partial charge in [-0.3, -0.25) is 4.79 Å². The van der Waals surface area contributed by atoms with Gasteiger partial charge in [-0.2, -0.15) is 4.31 Å². The molecule has 108 valence electrons. The number of carbonyl (C=O) groups is 1. The maximum atomic E-state index is 12.7. The summed E-state index contributed by atoms with van der Waals surface area (Å²) in [5, 5.41) is 0. The van der Waals surface area contributed by atoms with E-state index in [0.717, 1.165) is 24.8 Å². The van der Waals surface area contributed by atoms with Gasteiger partial charge in [-0.05, 0) is 55.4 Å². The molecule has 0 saturated carbocycles. The smallest absolute Gasteiger partial charge is 0.243 e. The van der Waals surface area contributed by atoms with E-state index < -0.39 is 22.0 Å². The van der Waals surface area contributed by atoms with Gasteiger partial charge >= 0.3 is 0 Å². The van der Waals surface area contributed by atoms with Crippen LogP contribution in [0.25, 0.3) is 0 Å². The fourth-order valence-corrected chi connectivity index (χ4v) is 4.87. The molecule has 1 heterocycles. The predicted octanol–water partition coefficient (Wildman–Crippen LogP) is 0.814. The van der Waals surface area contributed by atoms with Crippen molar-refractivity contribution in [1.82, 2.24) is 4.31 Å². The fraction of sp³-hybridized carbons (Fsp3) is 0.500. The highest BCUT2D eigenvalue weighted by Gasteiger charge is 2.38. The van der Waals surface area contributed by atoms with Gasteiger partial charge in [0, 0.05) is 6.54 Å². The summed E-state index contributed by atoms with van der Waals surface area (Å²) in [6.07, 6.45) is 4.21. The van der Waals surface area contributed by atoms with Gasteiger partial charge in [0.15, 0.2) is 0 Å². The van der Waals surface area contributed by atoms with Gasteiger partial charge in [-0.15, -0.1) is 0 Å². The van der Waals surface area contributed by atoms with E-state index in [1.165, 1.54) is 9.87 Å². The van der Waals surface area contributed by atoms with Crippen molar-refractivity contribution in [2.24, 2.45) is 5.73 Å². The van der Waals surface area contributed by atoms with Crippen LogP contribution in [0.15, 0.2) is 23.1 Å². The molecule has 1 atom stereocenters. The number of sulfonamides is 1. The molecule has 20 heavy (non-hydrogen) atoms. The number of fused-ring (bicyclic) bond motifs is 1. The highest BCUT2D eigenvalue weighted by Crippen LogP contribution is 2.29. The Morgan fingerprint density at radius 1 is 1.20 bits per heavy atom. The van der Waals surface area contributed by atoms with E-state index in [-0.39, 0.29) is 4.90 Å². The van der Waals surface area contributed by atoms with E-state index >= 15 is 0 Å². The van der Waals surface area contributed by atoms with Crippen LogP contribution < -0.4 is 5.73 Å². The summed E-state index contributed by atoms with van der Waals surface area (Å²) in [5.41, 5.74) is 7.65. The molecule has 1 saturated heterocycles. The van der Waals surface area contributed by atoms with Crippen LogP contribution in [0.3, 0.4) is 0 Å². The summed E-state index contributed by atoms with van der Waals surface area (Å²) in [6, 6.07) is 4.60. The number of rotatable bonds is 3. The van der Waals surface area contributed by atoms with Crippen molar-refractivity contribution < 1.29 is 13.2 Å². The van der Waals surface area contributed by atoms with Crippen molar-refractivity contribution in [3.8, 4) is 0 Å². The van der Waals surface area contributed by atoms with Crippen molar-refractivity contribution >= 4 is 15.9 Å². The van der Waals surface area contributed by atoms with E-state index in [4.69, 9.17) is 5.73 Å². The van der Waals surface area contributed by atoms with Crippen molar-refractivity contribution in [2.45, 2.75) is 43.0 Å². The van der Waals surface area contributed by atoms with Crippen LogP contribution >= 0.6 is 0 Å². The minimum atomic E-state index is -3.62. The molecule has 1 aromatic rings. The second kappa shape index (κ2) is 4.86. The van der Waals surface area contributed by atoms with Crippen molar-refractivity contribution in [3.63, 3.8) is 0 Å². The van der Waals surface area contributed by atoms with Crippen LogP contribution in [0.1, 0.15) is 30.4 Å². The predicted molar refractivity (Wildman–Crippen MR) is 74.6 cm³/mol. The van der Waals surface area contributed by atoms with Gasteiger partial charge in [0.2, 0.25) is 15.9 Å². The highest BCUT2D eigenvalue weighted by molar-refractivity contribution is 7.89. The molecule has 6 heteroatoms. The minimum absolute atomic E-state index is 0.284. The van der Waals surface area contributed by atoms with Crippen LogP contribution in [0, 0.1) is 0 Å². The first kappa shape index (κ1) is 13.6. The number of nitrogens with two attached hydrogens (primary N) is 1. The first-order chi connectivity index (χ1) is 9.50. The zero-order valence-electron chi connectivity index (χ0n) is 11.2. The Hall–Kier alpha value is -1.40. The lowest BCUT2D eigenvalue weighted by Gasteiger charge is -2.22. The molecule has 0 spiro atoms. The lowest BCUT2D eigenvalue weighted by Crippen LogP contribution is -2.43. The maximum absolute atomic E-state index is 12.7. The Kier molecular flexibility index (Phi) is 3.30. The monoisotopic (exact) mass is 294 g/mol. The first-order valence-corrected chi connectivity index (χ1v) is 8.37. The molecule has 0 bridgehead atoms. The Labute approximate surface area is 118 Å². The molecular formula is C14H18N2O3S. The molecule has 5 nitrogen and oxygen atoms in total. The van der Waals surface area contributed by atoms with Gasteiger partial charge in [0.05, 0.1) is 4.90 Å². The number of benzene rings is 1. The van der Waals surface area contributed by atoms with Crippen LogP contribution in [-0.4, -0.2) is 31.2 Å². The van der Waals surface area contributed by atoms with Gasteiger partial charge in [0.1, 0.15) is 6.04 Å². The molecule has 2 aliphatic rings. The van der Waals surface area contributed by atoms with Gasteiger partial charge in [-0.1, -0.05) is 6.07 Å². The lowest BCUT2D eigenvalue weighted by atomic mass is 10.1. The van der Waals surface area contributed by atoms with Crippen molar-refractivity contribution in [2.75, 3.05) is 6.54 Å². The molecule has 1 aromatic carbocycles. The topological polar surface area (TPSA) is 80.5 Å². The Morgan fingerprint density at radius 3 is 2.70 bits per heavy atom. The number of hydrogen-bond acceptors (Lipinski definition) is 3. The van der Waals surface area contributed by atoms with E-state index in [9.17, 15) is 13.2 Å². The number of carbonyl (C=O) groups excluding carboxylic acids is 1. The largest absolute Gasteiger partial charge is 0.368 e. The third kappa shape index (κ3) is 2.13. The number of nitrogens with zero attached hydrogens (tertiary/aromatic N) is 1. The number of aryl methyl sites for hydroxylation is 2. The summed E-state index contributed by atoms with van der Waals surface area (Å²) in [4.78, 5) is 11.7. The Morgan fingerprint density at radius 2 is 1.95 bits per heavy atom. The second-order valence-electron chi connectivity index (χ2n) is 5.46. The normalized spacial score (nSPS) is 22.9. The summed E-state index contributed by atoms with van der Waals surface area (Å²) in [5.74, 6) is -0.563. The summed E-state index contributed by atoms with van der Waals surface area (Å²) in [6.45, 7) is 0.368. The van der Waals surface area contributed by atoms with Crippen LogP contribution in [0.5, 0.6) is 0 Å². The molecule has 1 amide bonds. The molecule has 1 unspecified atom stereocenters. The van der Waals surface area contributed by atoms with E-state index in [2.05, 4.69) is 0 Å². The van der Waals surface area contributed by atoms with E-state index in [1.807, 2.05) is 6.07 Å². The molecule has 1 fully saturated rings. The van der Waals surface area contributed by atoms with E-state index in [1.54, 1.807) is 12.1 Å². The minimum Gasteiger partial charge on any atom is -0.368 e. The Balaban J connectivity index is 1.97. The quantitative estimate of drug-likeness (QED) is 0.896. The molecular weight excluding hydrogens is 276 g/mol. The van der Waals surface area contributed by atoms with Crippen LogP contribution in [-0.2, 0) is 27.7 Å². The van der Waals surface area contributed by atoms with Crippen LogP contribution in [0.2, 0.25) is 0 Å². The molecule has 0 radical (unpaired) electrons. The van der Waals surface area contributed by atoms with Gasteiger partial charge < -0.3 is 5.73 Å². The molecule has 1 aliphatic carbocycles. The average molecular weight is 294 g/mol. The Bertz CT molecular complexity index is 654. The molecule has 1 aliphatic heterocycles. The fourth-order valence-electron chi connectivity index (χ4n) is 3.16. The zero-order valence-corrected chi connectivity index (χ0v) is 12.0. The lowest BCUT2D eigenvalue weighted by molar-refractivity contribution is -0.121. The molecule has 3 rings (SSSR count). The average Bonchev–Trinajstić information content (AvgIpc) is 3.06. The second-order valence-corrected chi connectivity index (χ2v) is 7.35. The first-order valence-electron chi connectivity index (χ1n) is 6.93. The number of amides is 1. The van der Waals surface area contributed by atoms with E-state index in [0.29, 0.717) is 19.4 Å². The van der Waals surface area contributed by atoms with Crippen molar-refractivity contribution in [3.05, 3.63) is 29.3 Å². The number of primary amides is 1. The maximum Gasteiger partial charge on any atom is 0.243 e. The van der Waals surface area contributed by atoms with Gasteiger partial charge in [0.25, 0.3) is 0 Å². The molecule has 2 N–H and O–H groups in total. The highest BCUT2D eigenvalue weighted by atomic mass is 32.2. The third-order valence-corrected chi connectivity index (χ3v) is 6.11. The summed E-state index contributed by atoms with van der Waals surface area (Å²) < 4.78 is 26.6. The van der Waals surface area contributed by atoms with Crippen molar-refractivity contribution in [1.29, 1.82) is 0 Å². The SMILES string of the molecule is NC(=O)C1CCCN1S(=O)(=O)c1ccc2c(c1)CCC2. The zero-order chi connectivity index (χ0) is 14.3. The van der Waals surface area contributed by atoms with Crippen LogP contribution in [0.4, 0.5) is 0 Å². The summed E-state index contributed by atoms with van der Waals surface area (Å²) in [7, 11) is -3.62. The number of hydrogen-bond donors (Lipinski definition) is 1. The molecule has 0 aromatic heterocycles. The summed E-state index contributed by atoms with van der Waals surface area (Å²) >= 11 is 0.